The predicted octanol–water partition coefficient (Wildman–Crippen LogP) is 1.63. The van der Waals surface area contributed by atoms with Gasteiger partial charge in [0, 0.05) is 23.4 Å². The first kappa shape index (κ1) is 12.0. The van der Waals surface area contributed by atoms with Gasteiger partial charge in [-0.15, -0.1) is 0 Å². The van der Waals surface area contributed by atoms with Crippen molar-refractivity contribution in [2.24, 2.45) is 5.92 Å². The number of nitrogens with zero attached hydrogens (tertiary/aromatic N) is 1. The average Bonchev–Trinajstić information content (AvgIpc) is 2.83. The first-order valence-corrected chi connectivity index (χ1v) is 7.88. The summed E-state index contributed by atoms with van der Waals surface area (Å²) in [6.07, 6.45) is 3.18. The molecule has 1 aromatic carbocycles. The molecule has 4 atom stereocenters. The maximum Gasteiger partial charge on any atom is 0.174 e. The molecule has 2 bridgehead atoms. The van der Waals surface area contributed by atoms with Crippen molar-refractivity contribution in [1.82, 2.24) is 4.90 Å². The minimum atomic E-state index is -0.366. The number of Topliss-reactive ketones (excluding diaryl/α,β-unsaturated/α-hetero) is 1. The Kier molecular flexibility index (Phi) is 2.07. The number of likely N-dealkylation sites (tertiary alicyclic amines) is 1. The summed E-state index contributed by atoms with van der Waals surface area (Å²) in [4.78, 5) is 14.9. The average molecular weight is 285 g/mol. The molecule has 1 saturated carbocycles. The second-order valence-corrected chi connectivity index (χ2v) is 7.10. The summed E-state index contributed by atoms with van der Waals surface area (Å²) in [5.41, 5.74) is 2.26. The van der Waals surface area contributed by atoms with Crippen LogP contribution in [-0.2, 0) is 16.6 Å². The van der Waals surface area contributed by atoms with Crippen molar-refractivity contribution in [1.29, 1.82) is 0 Å². The molecule has 0 radical (unpaired) electrons. The Bertz CT molecular complexity index is 670. The minimum absolute atomic E-state index is 0.172. The fraction of sp³-hybridized carbons (Fsp3) is 0.588. The Morgan fingerprint density at radius 3 is 3.14 bits per heavy atom. The van der Waals surface area contributed by atoms with Crippen molar-refractivity contribution >= 4 is 5.78 Å². The quantitative estimate of drug-likeness (QED) is 0.787. The molecule has 4 aliphatic rings. The van der Waals surface area contributed by atoms with Crippen LogP contribution in [0.2, 0.25) is 0 Å². The van der Waals surface area contributed by atoms with Crippen molar-refractivity contribution in [2.45, 2.75) is 43.2 Å². The van der Waals surface area contributed by atoms with E-state index in [1.807, 2.05) is 6.07 Å². The van der Waals surface area contributed by atoms with Gasteiger partial charge < -0.3 is 14.7 Å². The van der Waals surface area contributed by atoms with Crippen molar-refractivity contribution in [3.05, 3.63) is 23.3 Å². The fourth-order valence-electron chi connectivity index (χ4n) is 5.52. The lowest BCUT2D eigenvalue weighted by atomic mass is 9.52. The molecule has 1 aromatic rings. The SMILES string of the molecule is CN1CC[C@@]23c4c5ccc(O)c4O[C@@H]2C(=O)CCC3C1C5. The Labute approximate surface area is 123 Å². The molecule has 1 saturated heterocycles. The minimum Gasteiger partial charge on any atom is -0.504 e. The molecule has 4 nitrogen and oxygen atoms in total. The van der Waals surface area contributed by atoms with Gasteiger partial charge in [0.25, 0.3) is 0 Å². The van der Waals surface area contributed by atoms with Gasteiger partial charge in [0.1, 0.15) is 0 Å². The summed E-state index contributed by atoms with van der Waals surface area (Å²) in [5, 5.41) is 10.2. The van der Waals surface area contributed by atoms with Crippen LogP contribution in [0.4, 0.5) is 0 Å². The summed E-state index contributed by atoms with van der Waals surface area (Å²) < 4.78 is 6.04. The van der Waals surface area contributed by atoms with Gasteiger partial charge in [0.05, 0.1) is 0 Å². The van der Waals surface area contributed by atoms with Crippen LogP contribution >= 0.6 is 0 Å². The van der Waals surface area contributed by atoms with Gasteiger partial charge >= 0.3 is 0 Å². The van der Waals surface area contributed by atoms with Crippen molar-refractivity contribution in [3.63, 3.8) is 0 Å². The summed E-state index contributed by atoms with van der Waals surface area (Å²) in [7, 11) is 2.20. The number of phenols is 1. The molecule has 4 heteroatoms. The fourth-order valence-corrected chi connectivity index (χ4v) is 5.52. The first-order chi connectivity index (χ1) is 10.1. The van der Waals surface area contributed by atoms with Crippen LogP contribution in [0.5, 0.6) is 11.5 Å². The van der Waals surface area contributed by atoms with Gasteiger partial charge in [0.2, 0.25) is 0 Å². The van der Waals surface area contributed by atoms with Crippen LogP contribution in [0.25, 0.3) is 0 Å². The number of hydrogen-bond acceptors (Lipinski definition) is 4. The van der Waals surface area contributed by atoms with E-state index in [1.54, 1.807) is 6.07 Å². The molecular formula is C17H19NO3. The highest BCUT2D eigenvalue weighted by atomic mass is 16.5. The number of carbonyl (C=O) groups excluding carboxylic acids is 1. The third-order valence-electron chi connectivity index (χ3n) is 6.39. The summed E-state index contributed by atoms with van der Waals surface area (Å²) in [6, 6.07) is 4.26. The molecule has 1 N–H and O–H groups in total. The second kappa shape index (κ2) is 3.61. The number of aromatic hydroxyl groups is 1. The van der Waals surface area contributed by atoms with E-state index in [9.17, 15) is 9.90 Å². The number of likely N-dealkylation sites (N-methyl/N-ethyl adjacent to an activating group) is 1. The number of benzene rings is 1. The monoisotopic (exact) mass is 285 g/mol. The predicted molar refractivity (Wildman–Crippen MR) is 76.7 cm³/mol. The number of piperidine rings is 1. The highest BCUT2D eigenvalue weighted by Gasteiger charge is 2.65. The number of rotatable bonds is 0. The highest BCUT2D eigenvalue weighted by molar-refractivity contribution is 5.89. The maximum atomic E-state index is 12.5. The smallest absolute Gasteiger partial charge is 0.174 e. The standard InChI is InChI=1S/C17H19NO3/c1-18-7-6-17-10-3-5-13(20)16(17)21-15-12(19)4-2-9(14(15)17)8-11(10)18/h2,4,10-11,16,19H,3,5-8H2,1H3/t10?,11?,16-,17-/m1/s1. The second-order valence-electron chi connectivity index (χ2n) is 7.10. The molecule has 21 heavy (non-hydrogen) atoms. The Morgan fingerprint density at radius 1 is 1.43 bits per heavy atom. The Balaban J connectivity index is 1.83. The lowest BCUT2D eigenvalue weighted by Gasteiger charge is -2.57. The number of hydrogen-bond donors (Lipinski definition) is 1. The van der Waals surface area contributed by atoms with Crippen LogP contribution < -0.4 is 4.74 Å². The van der Waals surface area contributed by atoms with Gasteiger partial charge in [0.15, 0.2) is 23.4 Å². The van der Waals surface area contributed by atoms with Crippen LogP contribution in [0, 0.1) is 5.92 Å². The molecule has 2 aliphatic heterocycles. The molecule has 110 valence electrons. The Morgan fingerprint density at radius 2 is 2.29 bits per heavy atom. The topological polar surface area (TPSA) is 49.8 Å². The lowest BCUT2D eigenvalue weighted by molar-refractivity contribution is -0.138. The van der Waals surface area contributed by atoms with Crippen LogP contribution in [-0.4, -0.2) is 41.5 Å². The van der Waals surface area contributed by atoms with E-state index in [0.717, 1.165) is 31.4 Å². The molecule has 2 unspecified atom stereocenters. The van der Waals surface area contributed by atoms with E-state index in [4.69, 9.17) is 4.74 Å². The van der Waals surface area contributed by atoms with Crippen LogP contribution in [0.1, 0.15) is 30.4 Å². The normalized spacial score (nSPS) is 39.9. The highest BCUT2D eigenvalue weighted by Crippen LogP contribution is 2.62. The molecular weight excluding hydrogens is 266 g/mol. The van der Waals surface area contributed by atoms with E-state index < -0.39 is 0 Å². The number of ketones is 1. The molecule has 1 spiro atoms. The maximum absolute atomic E-state index is 12.5. The van der Waals surface area contributed by atoms with Gasteiger partial charge in [-0.25, -0.2) is 0 Å². The number of carbonyl (C=O) groups is 1. The van der Waals surface area contributed by atoms with Gasteiger partial charge in [-0.3, -0.25) is 4.79 Å². The van der Waals surface area contributed by atoms with E-state index in [0.29, 0.717) is 24.1 Å². The van der Waals surface area contributed by atoms with Gasteiger partial charge in [-0.05, 0) is 50.4 Å². The van der Waals surface area contributed by atoms with Gasteiger partial charge in [-0.1, -0.05) is 6.07 Å². The zero-order chi connectivity index (χ0) is 14.4. The van der Waals surface area contributed by atoms with Crippen molar-refractivity contribution in [2.75, 3.05) is 13.6 Å². The molecule has 2 fully saturated rings. The number of phenolic OH excluding ortho intramolecular Hbond substituents is 1. The van der Waals surface area contributed by atoms with E-state index in [1.165, 1.54) is 5.56 Å². The molecule has 5 rings (SSSR count). The van der Waals surface area contributed by atoms with Crippen LogP contribution in [0.15, 0.2) is 12.1 Å². The summed E-state index contributed by atoms with van der Waals surface area (Å²) in [5.74, 6) is 1.50. The molecule has 0 amide bonds. The van der Waals surface area contributed by atoms with E-state index in [2.05, 4.69) is 11.9 Å². The van der Waals surface area contributed by atoms with Crippen LogP contribution in [0.3, 0.4) is 0 Å². The third-order valence-corrected chi connectivity index (χ3v) is 6.39. The summed E-state index contributed by atoms with van der Waals surface area (Å²) >= 11 is 0. The molecule has 0 aromatic heterocycles. The van der Waals surface area contributed by atoms with Gasteiger partial charge in [-0.2, -0.15) is 0 Å². The summed E-state index contributed by atoms with van der Waals surface area (Å²) in [6.45, 7) is 1.00. The van der Waals surface area contributed by atoms with Crippen molar-refractivity contribution < 1.29 is 14.6 Å². The largest absolute Gasteiger partial charge is 0.504 e. The zero-order valence-corrected chi connectivity index (χ0v) is 12.1. The Hall–Kier alpha value is -1.55. The number of ether oxygens (including phenoxy) is 1. The van der Waals surface area contributed by atoms with Crippen molar-refractivity contribution in [3.8, 4) is 11.5 Å². The molecule has 2 heterocycles. The lowest BCUT2D eigenvalue weighted by Crippen LogP contribution is -2.65. The molecule has 2 aliphatic carbocycles. The zero-order valence-electron chi connectivity index (χ0n) is 12.1. The first-order valence-electron chi connectivity index (χ1n) is 7.88. The third kappa shape index (κ3) is 1.20. The van der Waals surface area contributed by atoms with E-state index in [-0.39, 0.29) is 23.1 Å². The van der Waals surface area contributed by atoms with E-state index >= 15 is 0 Å².